The third-order valence-corrected chi connectivity index (χ3v) is 3.85. The number of nitrogens with one attached hydrogen (secondary N) is 1. The van der Waals surface area contributed by atoms with Crippen LogP contribution >= 0.6 is 31.9 Å². The largest absolute Gasteiger partial charge is 0.454 e. The molecule has 0 aliphatic rings. The molecule has 0 fully saturated rings. The van der Waals surface area contributed by atoms with Crippen molar-refractivity contribution in [3.8, 4) is 0 Å². The van der Waals surface area contributed by atoms with Crippen molar-refractivity contribution in [1.29, 1.82) is 0 Å². The van der Waals surface area contributed by atoms with E-state index in [0.717, 1.165) is 38.3 Å². The zero-order valence-corrected chi connectivity index (χ0v) is 13.8. The molecule has 0 atom stereocenters. The lowest BCUT2D eigenvalue weighted by molar-refractivity contribution is 0.491. The van der Waals surface area contributed by atoms with Crippen molar-refractivity contribution in [3.63, 3.8) is 0 Å². The summed E-state index contributed by atoms with van der Waals surface area (Å²) in [6.07, 6.45) is 2.30. The zero-order chi connectivity index (χ0) is 14.1. The lowest BCUT2D eigenvalue weighted by Crippen LogP contribution is -2.06. The molecule has 0 bridgehead atoms. The minimum atomic E-state index is 0.716. The molecule has 3 aromatic heterocycles. The maximum atomic E-state index is 5.45. The van der Waals surface area contributed by atoms with Crippen molar-refractivity contribution >= 4 is 48.7 Å². The number of aryl methyl sites for hydroxylation is 1. The molecular weight excluding hydrogens is 390 g/mol. The number of rotatable bonds is 4. The van der Waals surface area contributed by atoms with E-state index in [0.29, 0.717) is 6.54 Å². The number of halogens is 2. The molecule has 0 unspecified atom stereocenters. The van der Waals surface area contributed by atoms with E-state index in [9.17, 15) is 0 Å². The smallest absolute Gasteiger partial charge is 0.169 e. The van der Waals surface area contributed by atoms with Crippen LogP contribution < -0.4 is 5.32 Å². The number of furan rings is 1. The lowest BCUT2D eigenvalue weighted by atomic mass is 10.3. The second kappa shape index (κ2) is 5.53. The normalized spacial score (nSPS) is 11.2. The van der Waals surface area contributed by atoms with E-state index in [1.165, 1.54) is 6.33 Å². The van der Waals surface area contributed by atoms with E-state index < -0.39 is 0 Å². The minimum absolute atomic E-state index is 0.716. The Morgan fingerprint density at radius 2 is 2.15 bits per heavy atom. The van der Waals surface area contributed by atoms with Gasteiger partial charge < -0.3 is 9.73 Å². The van der Waals surface area contributed by atoms with Gasteiger partial charge in [-0.15, -0.1) is 0 Å². The Labute approximate surface area is 131 Å². The fourth-order valence-electron chi connectivity index (χ4n) is 1.96. The molecule has 0 aliphatic carbocycles. The van der Waals surface area contributed by atoms with Crippen LogP contribution in [0.1, 0.15) is 5.76 Å². The number of hydrogen-bond donors (Lipinski definition) is 1. The van der Waals surface area contributed by atoms with Crippen LogP contribution in [0.4, 0.5) is 5.82 Å². The van der Waals surface area contributed by atoms with Gasteiger partial charge in [0.15, 0.2) is 10.3 Å². The van der Waals surface area contributed by atoms with Crippen LogP contribution in [0, 0.1) is 0 Å². The van der Waals surface area contributed by atoms with E-state index in [-0.39, 0.29) is 0 Å². The second-order valence-electron chi connectivity index (χ2n) is 4.22. The van der Waals surface area contributed by atoms with Crippen LogP contribution in [-0.2, 0) is 13.5 Å². The first-order chi connectivity index (χ1) is 9.65. The molecule has 0 aliphatic heterocycles. The zero-order valence-electron chi connectivity index (χ0n) is 10.6. The van der Waals surface area contributed by atoms with Gasteiger partial charge in [-0.2, -0.15) is 5.10 Å². The summed E-state index contributed by atoms with van der Waals surface area (Å²) >= 11 is 6.72. The highest BCUT2D eigenvalue weighted by atomic mass is 79.9. The maximum Gasteiger partial charge on any atom is 0.169 e. The highest BCUT2D eigenvalue weighted by Crippen LogP contribution is 2.26. The van der Waals surface area contributed by atoms with Gasteiger partial charge in [-0.05, 0) is 44.0 Å². The monoisotopic (exact) mass is 399 g/mol. The number of hydrogen-bond acceptors (Lipinski definition) is 5. The SMILES string of the molecule is Cn1nc(Br)c2c(NCCc3ccc(Br)o3)ncnc21. The summed E-state index contributed by atoms with van der Waals surface area (Å²) < 4.78 is 8.65. The van der Waals surface area contributed by atoms with Gasteiger partial charge in [-0.3, -0.25) is 0 Å². The number of anilines is 1. The summed E-state index contributed by atoms with van der Waals surface area (Å²) in [6, 6.07) is 3.83. The summed E-state index contributed by atoms with van der Waals surface area (Å²) in [5, 5.41) is 8.46. The molecule has 0 spiro atoms. The molecule has 3 heterocycles. The molecule has 3 rings (SSSR count). The van der Waals surface area contributed by atoms with Crippen LogP contribution in [0.2, 0.25) is 0 Å². The van der Waals surface area contributed by atoms with E-state index in [4.69, 9.17) is 4.42 Å². The van der Waals surface area contributed by atoms with Gasteiger partial charge in [0.25, 0.3) is 0 Å². The summed E-state index contributed by atoms with van der Waals surface area (Å²) in [7, 11) is 1.85. The van der Waals surface area contributed by atoms with Gasteiger partial charge in [0.05, 0.1) is 5.39 Å². The molecule has 6 nitrogen and oxygen atoms in total. The summed E-state index contributed by atoms with van der Waals surface area (Å²) in [5.41, 5.74) is 0.787. The van der Waals surface area contributed by atoms with E-state index in [1.807, 2.05) is 19.2 Å². The lowest BCUT2D eigenvalue weighted by Gasteiger charge is -2.05. The minimum Gasteiger partial charge on any atom is -0.454 e. The molecule has 0 saturated carbocycles. The van der Waals surface area contributed by atoms with Crippen molar-refractivity contribution < 1.29 is 4.42 Å². The Hall–Kier alpha value is -1.41. The first-order valence-electron chi connectivity index (χ1n) is 5.96. The predicted octanol–water partition coefficient (Wildman–Crippen LogP) is 3.14. The van der Waals surface area contributed by atoms with E-state index in [2.05, 4.69) is 52.2 Å². The van der Waals surface area contributed by atoms with Crippen LogP contribution in [0.3, 0.4) is 0 Å². The average Bonchev–Trinajstić information content (AvgIpc) is 2.95. The van der Waals surface area contributed by atoms with Crippen molar-refractivity contribution in [2.24, 2.45) is 7.05 Å². The molecule has 0 saturated heterocycles. The van der Waals surface area contributed by atoms with Crippen molar-refractivity contribution in [3.05, 3.63) is 33.5 Å². The van der Waals surface area contributed by atoms with E-state index >= 15 is 0 Å². The van der Waals surface area contributed by atoms with Crippen molar-refractivity contribution in [2.75, 3.05) is 11.9 Å². The van der Waals surface area contributed by atoms with Crippen LogP contribution in [0.15, 0.2) is 32.1 Å². The molecule has 0 aromatic carbocycles. The number of fused-ring (bicyclic) bond motifs is 1. The summed E-state index contributed by atoms with van der Waals surface area (Å²) in [6.45, 7) is 0.716. The molecule has 104 valence electrons. The summed E-state index contributed by atoms with van der Waals surface area (Å²) in [5.74, 6) is 1.68. The fraction of sp³-hybridized carbons (Fsp3) is 0.250. The molecule has 1 N–H and O–H groups in total. The maximum absolute atomic E-state index is 5.45. The first kappa shape index (κ1) is 13.6. The van der Waals surface area contributed by atoms with Crippen LogP contribution in [-0.4, -0.2) is 26.3 Å². The Morgan fingerprint density at radius 1 is 1.30 bits per heavy atom. The average molecular weight is 401 g/mol. The van der Waals surface area contributed by atoms with E-state index in [1.54, 1.807) is 4.68 Å². The Bertz CT molecular complexity index is 751. The topological polar surface area (TPSA) is 68.8 Å². The third kappa shape index (κ3) is 2.57. The van der Waals surface area contributed by atoms with Crippen LogP contribution in [0.5, 0.6) is 0 Å². The van der Waals surface area contributed by atoms with Crippen molar-refractivity contribution in [1.82, 2.24) is 19.7 Å². The predicted molar refractivity (Wildman–Crippen MR) is 82.6 cm³/mol. The van der Waals surface area contributed by atoms with Gasteiger partial charge in [-0.1, -0.05) is 0 Å². The Morgan fingerprint density at radius 3 is 2.90 bits per heavy atom. The Balaban J connectivity index is 1.77. The van der Waals surface area contributed by atoms with Crippen molar-refractivity contribution in [2.45, 2.75) is 6.42 Å². The molecular formula is C12H11Br2N5O. The van der Waals surface area contributed by atoms with Gasteiger partial charge in [0.1, 0.15) is 22.5 Å². The first-order valence-corrected chi connectivity index (χ1v) is 7.55. The highest BCUT2D eigenvalue weighted by Gasteiger charge is 2.12. The second-order valence-corrected chi connectivity index (χ2v) is 5.75. The number of aromatic nitrogens is 4. The molecule has 0 amide bonds. The van der Waals surface area contributed by atoms with Gasteiger partial charge >= 0.3 is 0 Å². The Kier molecular flexibility index (Phi) is 3.75. The molecule has 20 heavy (non-hydrogen) atoms. The van der Waals surface area contributed by atoms with Gasteiger partial charge in [-0.25, -0.2) is 14.6 Å². The molecule has 0 radical (unpaired) electrons. The fourth-order valence-corrected chi connectivity index (χ4v) is 2.91. The number of nitrogens with zero attached hydrogens (tertiary/aromatic N) is 4. The highest BCUT2D eigenvalue weighted by molar-refractivity contribution is 9.10. The standard InChI is InChI=1S/C12H11Br2N5O/c1-19-12-9(10(14)18-19)11(16-6-17-12)15-5-4-7-2-3-8(13)20-7/h2-3,6H,4-5H2,1H3,(H,15,16,17). The summed E-state index contributed by atoms with van der Waals surface area (Å²) in [4.78, 5) is 8.50. The van der Waals surface area contributed by atoms with Crippen LogP contribution in [0.25, 0.3) is 11.0 Å². The quantitative estimate of drug-likeness (QED) is 0.728. The third-order valence-electron chi connectivity index (χ3n) is 2.87. The molecule has 3 aromatic rings. The van der Waals surface area contributed by atoms with Gasteiger partial charge in [0.2, 0.25) is 0 Å². The van der Waals surface area contributed by atoms with Gasteiger partial charge in [0, 0.05) is 20.0 Å². The molecule has 8 heteroatoms.